The average Bonchev–Trinajstić information content (AvgIpc) is 2.97. The van der Waals surface area contributed by atoms with E-state index in [1.54, 1.807) is 23.1 Å². The Morgan fingerprint density at radius 1 is 1.26 bits per heavy atom. The smallest absolute Gasteiger partial charge is 0.237 e. The van der Waals surface area contributed by atoms with E-state index in [1.807, 2.05) is 0 Å². The molecular formula is C15H20Cl2N2O3S. The van der Waals surface area contributed by atoms with Crippen LogP contribution in [0.5, 0.6) is 0 Å². The number of hydrogen-bond acceptors (Lipinski definition) is 3. The molecule has 0 saturated carbocycles. The lowest BCUT2D eigenvalue weighted by Gasteiger charge is -2.23. The van der Waals surface area contributed by atoms with E-state index in [2.05, 4.69) is 0 Å². The molecule has 1 saturated heterocycles. The van der Waals surface area contributed by atoms with Crippen LogP contribution < -0.4 is 0 Å². The van der Waals surface area contributed by atoms with Crippen molar-refractivity contribution in [1.29, 1.82) is 0 Å². The molecule has 1 heterocycles. The third-order valence-electron chi connectivity index (χ3n) is 3.89. The lowest BCUT2D eigenvalue weighted by atomic mass is 10.1. The first-order chi connectivity index (χ1) is 10.8. The Hall–Kier alpha value is -0.820. The van der Waals surface area contributed by atoms with E-state index in [9.17, 15) is 13.2 Å². The molecule has 1 aliphatic heterocycles. The summed E-state index contributed by atoms with van der Waals surface area (Å²) in [4.78, 5) is 13.9. The lowest BCUT2D eigenvalue weighted by molar-refractivity contribution is -0.130. The average molecular weight is 379 g/mol. The molecule has 0 N–H and O–H groups in total. The number of likely N-dealkylation sites (tertiary alicyclic amines) is 1. The van der Waals surface area contributed by atoms with Crippen molar-refractivity contribution in [3.63, 3.8) is 0 Å². The van der Waals surface area contributed by atoms with Gasteiger partial charge in [0.25, 0.3) is 0 Å². The summed E-state index contributed by atoms with van der Waals surface area (Å²) >= 11 is 12.0. The minimum atomic E-state index is -3.46. The topological polar surface area (TPSA) is 57.7 Å². The van der Waals surface area contributed by atoms with Crippen LogP contribution in [0.2, 0.25) is 10.0 Å². The van der Waals surface area contributed by atoms with Gasteiger partial charge in [0.2, 0.25) is 15.9 Å². The molecule has 2 rings (SSSR count). The third-order valence-corrected chi connectivity index (χ3v) is 5.72. The first kappa shape index (κ1) is 18.5. The maximum absolute atomic E-state index is 12.2. The Kier molecular flexibility index (Phi) is 6.31. The molecule has 0 aliphatic carbocycles. The zero-order valence-electron chi connectivity index (χ0n) is 13.0. The number of halogens is 2. The lowest BCUT2D eigenvalue weighted by Crippen LogP contribution is -2.42. The van der Waals surface area contributed by atoms with E-state index in [-0.39, 0.29) is 19.0 Å². The van der Waals surface area contributed by atoms with Crippen LogP contribution in [0.25, 0.3) is 0 Å². The van der Waals surface area contributed by atoms with Gasteiger partial charge in [0, 0.05) is 29.7 Å². The van der Waals surface area contributed by atoms with Crippen LogP contribution in [0.15, 0.2) is 18.2 Å². The zero-order valence-corrected chi connectivity index (χ0v) is 15.3. The highest BCUT2D eigenvalue weighted by atomic mass is 35.5. The van der Waals surface area contributed by atoms with Crippen molar-refractivity contribution in [2.24, 2.45) is 0 Å². The first-order valence-electron chi connectivity index (χ1n) is 7.44. The van der Waals surface area contributed by atoms with Crippen molar-refractivity contribution in [2.75, 3.05) is 32.4 Å². The molecule has 0 radical (unpaired) electrons. The molecule has 0 aromatic heterocycles. The normalized spacial score (nSPS) is 15.4. The van der Waals surface area contributed by atoms with E-state index < -0.39 is 10.0 Å². The van der Waals surface area contributed by atoms with E-state index in [1.165, 1.54) is 4.31 Å². The number of benzene rings is 1. The molecule has 5 nitrogen and oxygen atoms in total. The summed E-state index contributed by atoms with van der Waals surface area (Å²) in [6.45, 7) is 1.50. The van der Waals surface area contributed by atoms with Gasteiger partial charge in [-0.15, -0.1) is 0 Å². The molecule has 1 aromatic carbocycles. The Bertz CT molecular complexity index is 673. The Balaban J connectivity index is 2.02. The molecule has 1 aromatic rings. The Labute approximate surface area is 147 Å². The van der Waals surface area contributed by atoms with Gasteiger partial charge in [-0.1, -0.05) is 29.3 Å². The van der Waals surface area contributed by atoms with Gasteiger partial charge in [-0.2, -0.15) is 4.31 Å². The maximum Gasteiger partial charge on any atom is 0.237 e. The minimum Gasteiger partial charge on any atom is -0.342 e. The second-order valence-corrected chi connectivity index (χ2v) is 8.50. The highest BCUT2D eigenvalue weighted by Crippen LogP contribution is 2.22. The highest BCUT2D eigenvalue weighted by Gasteiger charge is 2.25. The Morgan fingerprint density at radius 3 is 2.48 bits per heavy atom. The van der Waals surface area contributed by atoms with E-state index in [4.69, 9.17) is 23.2 Å². The van der Waals surface area contributed by atoms with E-state index in [0.29, 0.717) is 29.6 Å². The highest BCUT2D eigenvalue weighted by molar-refractivity contribution is 7.88. The van der Waals surface area contributed by atoms with Gasteiger partial charge in [0.15, 0.2) is 0 Å². The second-order valence-electron chi connectivity index (χ2n) is 5.67. The molecule has 128 valence electrons. The third kappa shape index (κ3) is 5.35. The number of carbonyl (C=O) groups excluding carboxylic acids is 1. The fourth-order valence-electron chi connectivity index (χ4n) is 2.55. The van der Waals surface area contributed by atoms with Gasteiger partial charge in [0.05, 0.1) is 12.8 Å². The number of nitrogens with zero attached hydrogens (tertiary/aromatic N) is 2. The van der Waals surface area contributed by atoms with Crippen molar-refractivity contribution < 1.29 is 13.2 Å². The van der Waals surface area contributed by atoms with Crippen LogP contribution in [0.3, 0.4) is 0 Å². The monoisotopic (exact) mass is 378 g/mol. The second kappa shape index (κ2) is 7.83. The zero-order chi connectivity index (χ0) is 17.0. The summed E-state index contributed by atoms with van der Waals surface area (Å²) in [7, 11) is -3.46. The summed E-state index contributed by atoms with van der Waals surface area (Å²) in [5, 5.41) is 1.03. The number of sulfonamides is 1. The van der Waals surface area contributed by atoms with Crippen LogP contribution in [0.1, 0.15) is 18.4 Å². The number of rotatable bonds is 6. The van der Waals surface area contributed by atoms with Crippen molar-refractivity contribution in [1.82, 2.24) is 9.21 Å². The molecule has 8 heteroatoms. The summed E-state index contributed by atoms with van der Waals surface area (Å²) in [5.41, 5.74) is 0.804. The minimum absolute atomic E-state index is 0.121. The van der Waals surface area contributed by atoms with Crippen LogP contribution in [0.4, 0.5) is 0 Å². The molecule has 0 bridgehead atoms. The summed E-state index contributed by atoms with van der Waals surface area (Å²) in [5.74, 6) is -0.143. The first-order valence-corrected chi connectivity index (χ1v) is 10.0. The van der Waals surface area contributed by atoms with E-state index >= 15 is 0 Å². The van der Waals surface area contributed by atoms with Crippen molar-refractivity contribution in [3.05, 3.63) is 33.8 Å². The fraction of sp³-hybridized carbons (Fsp3) is 0.533. The molecule has 1 amide bonds. The van der Waals surface area contributed by atoms with Crippen molar-refractivity contribution in [3.8, 4) is 0 Å². The van der Waals surface area contributed by atoms with Crippen molar-refractivity contribution in [2.45, 2.75) is 19.3 Å². The van der Waals surface area contributed by atoms with Crippen LogP contribution in [-0.4, -0.2) is 56.0 Å². The SMILES string of the molecule is CS(=O)(=O)N(CCc1ccc(Cl)cc1Cl)CC(=O)N1CCCC1. The van der Waals surface area contributed by atoms with Gasteiger partial charge in [-0.25, -0.2) is 8.42 Å². The predicted molar refractivity (Wildman–Crippen MR) is 92.4 cm³/mol. The fourth-order valence-corrected chi connectivity index (χ4v) is 3.82. The molecule has 0 unspecified atom stereocenters. The van der Waals surface area contributed by atoms with Crippen LogP contribution in [0, 0.1) is 0 Å². The standard InChI is InChI=1S/C15H20Cl2N2O3S/c1-23(21,22)19(11-15(20)18-7-2-3-8-18)9-6-12-4-5-13(16)10-14(12)17/h4-5,10H,2-3,6-9,11H2,1H3. The summed E-state index contributed by atoms with van der Waals surface area (Å²) in [6, 6.07) is 5.11. The number of hydrogen-bond donors (Lipinski definition) is 0. The predicted octanol–water partition coefficient (Wildman–Crippen LogP) is 2.42. The van der Waals surface area contributed by atoms with Crippen LogP contribution >= 0.6 is 23.2 Å². The van der Waals surface area contributed by atoms with Crippen LogP contribution in [-0.2, 0) is 21.2 Å². The molecule has 1 aliphatic rings. The van der Waals surface area contributed by atoms with E-state index in [0.717, 1.165) is 24.7 Å². The quantitative estimate of drug-likeness (QED) is 0.763. The van der Waals surface area contributed by atoms with Gasteiger partial charge >= 0.3 is 0 Å². The van der Waals surface area contributed by atoms with Gasteiger partial charge in [0.1, 0.15) is 0 Å². The number of carbonyl (C=O) groups is 1. The molecule has 0 atom stereocenters. The van der Waals surface area contributed by atoms with Gasteiger partial charge in [-0.3, -0.25) is 4.79 Å². The van der Waals surface area contributed by atoms with Gasteiger partial charge in [-0.05, 0) is 37.0 Å². The van der Waals surface area contributed by atoms with Crippen molar-refractivity contribution >= 4 is 39.1 Å². The molecule has 23 heavy (non-hydrogen) atoms. The van der Waals surface area contributed by atoms with Gasteiger partial charge < -0.3 is 4.90 Å². The molecule has 0 spiro atoms. The molecule has 1 fully saturated rings. The number of amides is 1. The summed E-state index contributed by atoms with van der Waals surface area (Å²) in [6.07, 6.45) is 3.50. The molecular weight excluding hydrogens is 359 g/mol. The summed E-state index contributed by atoms with van der Waals surface area (Å²) < 4.78 is 25.1. The Morgan fingerprint density at radius 2 is 1.91 bits per heavy atom. The largest absolute Gasteiger partial charge is 0.342 e. The maximum atomic E-state index is 12.2.